The van der Waals surface area contributed by atoms with Gasteiger partial charge >= 0.3 is 0 Å². The summed E-state index contributed by atoms with van der Waals surface area (Å²) in [7, 11) is 0. The van der Waals surface area contributed by atoms with Crippen molar-refractivity contribution in [2.75, 3.05) is 11.4 Å². The first kappa shape index (κ1) is 17.4. The number of hydrogen-bond acceptors (Lipinski definition) is 2. The Morgan fingerprint density at radius 1 is 1.20 bits per heavy atom. The van der Waals surface area contributed by atoms with E-state index in [0.29, 0.717) is 16.5 Å². The summed E-state index contributed by atoms with van der Waals surface area (Å²) in [4.78, 5) is 30.5. The van der Waals surface area contributed by atoms with E-state index in [4.69, 9.17) is 5.73 Å². The number of benzene rings is 2. The molecule has 2 amide bonds. The van der Waals surface area contributed by atoms with E-state index in [9.17, 15) is 9.59 Å². The highest BCUT2D eigenvalue weighted by atomic mass is 79.9. The second kappa shape index (κ2) is 7.19. The molecule has 0 atom stereocenters. The van der Waals surface area contributed by atoms with Gasteiger partial charge in [-0.3, -0.25) is 9.59 Å². The van der Waals surface area contributed by atoms with E-state index < -0.39 is 5.91 Å². The number of carbonyl (C=O) groups excluding carboxylic acids is 2. The number of nitrogens with two attached hydrogens (primary N) is 1. The van der Waals surface area contributed by atoms with Gasteiger partial charge in [0.15, 0.2) is 0 Å². The first-order chi connectivity index (χ1) is 12.0. The second-order valence-electron chi connectivity index (χ2n) is 5.88. The maximum atomic E-state index is 12.6. The predicted octanol–water partition coefficient (Wildman–Crippen LogP) is 3.56. The zero-order chi connectivity index (χ0) is 18.0. The number of amidine groups is 1. The molecule has 5 nitrogen and oxygen atoms in total. The molecular weight excluding hydrogens is 382 g/mol. The van der Waals surface area contributed by atoms with E-state index in [1.54, 1.807) is 12.1 Å². The van der Waals surface area contributed by atoms with E-state index in [2.05, 4.69) is 38.8 Å². The monoisotopic (exact) mass is 399 g/mol. The molecule has 0 spiro atoms. The Morgan fingerprint density at radius 2 is 1.92 bits per heavy atom. The number of amides is 2. The van der Waals surface area contributed by atoms with Gasteiger partial charge in [0.1, 0.15) is 5.84 Å². The number of anilines is 1. The Labute approximate surface area is 154 Å². The van der Waals surface area contributed by atoms with Gasteiger partial charge in [0.05, 0.1) is 0 Å². The number of halogens is 1. The quantitative estimate of drug-likeness (QED) is 0.853. The molecule has 0 bridgehead atoms. The third kappa shape index (κ3) is 3.64. The Kier molecular flexibility index (Phi) is 4.99. The van der Waals surface area contributed by atoms with Crippen LogP contribution in [0, 0.1) is 0 Å². The minimum atomic E-state index is -0.580. The summed E-state index contributed by atoms with van der Waals surface area (Å²) < 4.78 is 0.618. The number of carbonyl (C=O) groups is 2. The van der Waals surface area contributed by atoms with Crippen LogP contribution in [0.15, 0.2) is 51.9 Å². The molecule has 128 valence electrons. The highest BCUT2D eigenvalue weighted by Gasteiger charge is 2.25. The lowest BCUT2D eigenvalue weighted by Gasteiger charge is -2.19. The van der Waals surface area contributed by atoms with Gasteiger partial charge in [-0.05, 0) is 36.2 Å². The van der Waals surface area contributed by atoms with Gasteiger partial charge in [-0.1, -0.05) is 41.1 Å². The van der Waals surface area contributed by atoms with Crippen LogP contribution in [0.4, 0.5) is 5.69 Å². The van der Waals surface area contributed by atoms with Crippen LogP contribution in [0.1, 0.15) is 39.6 Å². The van der Waals surface area contributed by atoms with Crippen molar-refractivity contribution < 1.29 is 9.59 Å². The van der Waals surface area contributed by atoms with E-state index in [0.717, 1.165) is 30.1 Å². The normalized spacial score (nSPS) is 14.6. The zero-order valence-electron chi connectivity index (χ0n) is 13.8. The number of primary amides is 1. The number of fused-ring (bicyclic) bond motifs is 1. The minimum Gasteiger partial charge on any atom is -0.366 e. The van der Waals surface area contributed by atoms with Crippen molar-refractivity contribution in [1.82, 2.24) is 0 Å². The standard InChI is InChI=1S/C19H18BrN3O2/c1-2-7-23-16-6-4-3-5-12(16)11-17(23)22-19(25)14-8-13(18(21)24)9-15(20)10-14/h3-6,8-10H,2,7,11H2,1H3,(H2,21,24). The molecule has 1 heterocycles. The van der Waals surface area contributed by atoms with Crippen LogP contribution >= 0.6 is 15.9 Å². The molecule has 6 heteroatoms. The average molecular weight is 400 g/mol. The summed E-state index contributed by atoms with van der Waals surface area (Å²) in [6, 6.07) is 12.8. The lowest BCUT2D eigenvalue weighted by molar-refractivity contribution is 0.0999. The molecule has 0 unspecified atom stereocenters. The number of hydrogen-bond donors (Lipinski definition) is 1. The Hall–Kier alpha value is -2.47. The van der Waals surface area contributed by atoms with Crippen molar-refractivity contribution in [2.24, 2.45) is 10.7 Å². The van der Waals surface area contributed by atoms with Crippen molar-refractivity contribution in [2.45, 2.75) is 19.8 Å². The predicted molar refractivity (Wildman–Crippen MR) is 102 cm³/mol. The third-order valence-corrected chi connectivity index (χ3v) is 4.51. The van der Waals surface area contributed by atoms with Gasteiger partial charge < -0.3 is 10.6 Å². The Bertz CT molecular complexity index is 877. The highest BCUT2D eigenvalue weighted by molar-refractivity contribution is 9.10. The molecule has 2 aromatic carbocycles. The molecule has 0 saturated carbocycles. The average Bonchev–Trinajstić information content (AvgIpc) is 2.92. The SMILES string of the molecule is CCCN1C(=NC(=O)c2cc(Br)cc(C(N)=O)c2)Cc2ccccc21. The summed E-state index contributed by atoms with van der Waals surface area (Å²) in [6.45, 7) is 2.89. The molecule has 1 aliphatic heterocycles. The van der Waals surface area contributed by atoms with Crippen LogP contribution in [0.2, 0.25) is 0 Å². The number of aliphatic imine (C=N–C) groups is 1. The molecule has 0 aromatic heterocycles. The van der Waals surface area contributed by atoms with Crippen LogP contribution in [0.3, 0.4) is 0 Å². The summed E-state index contributed by atoms with van der Waals surface area (Å²) in [6.07, 6.45) is 1.57. The van der Waals surface area contributed by atoms with Gasteiger partial charge in [0.25, 0.3) is 5.91 Å². The van der Waals surface area contributed by atoms with Crippen LogP contribution in [-0.2, 0) is 6.42 Å². The van der Waals surface area contributed by atoms with Crippen molar-refractivity contribution in [3.8, 4) is 0 Å². The molecule has 1 aliphatic rings. The first-order valence-electron chi connectivity index (χ1n) is 8.07. The van der Waals surface area contributed by atoms with E-state index in [1.807, 2.05) is 18.2 Å². The number of nitrogens with zero attached hydrogens (tertiary/aromatic N) is 2. The minimum absolute atomic E-state index is 0.276. The highest BCUT2D eigenvalue weighted by Crippen LogP contribution is 2.29. The van der Waals surface area contributed by atoms with Crippen LogP contribution < -0.4 is 10.6 Å². The van der Waals surface area contributed by atoms with Crippen molar-refractivity contribution in [1.29, 1.82) is 0 Å². The van der Waals surface area contributed by atoms with Crippen molar-refractivity contribution in [3.05, 3.63) is 63.6 Å². The van der Waals surface area contributed by atoms with Gasteiger partial charge in [0, 0.05) is 34.3 Å². The second-order valence-corrected chi connectivity index (χ2v) is 6.80. The van der Waals surface area contributed by atoms with E-state index >= 15 is 0 Å². The summed E-state index contributed by atoms with van der Waals surface area (Å²) in [5, 5.41) is 0. The molecule has 25 heavy (non-hydrogen) atoms. The number of rotatable bonds is 4. The summed E-state index contributed by atoms with van der Waals surface area (Å²) in [5.41, 5.74) is 8.19. The fourth-order valence-electron chi connectivity index (χ4n) is 2.94. The maximum Gasteiger partial charge on any atom is 0.278 e. The van der Waals surface area contributed by atoms with Gasteiger partial charge in [-0.25, -0.2) is 0 Å². The summed E-state index contributed by atoms with van der Waals surface area (Å²) >= 11 is 3.30. The maximum absolute atomic E-state index is 12.6. The largest absolute Gasteiger partial charge is 0.366 e. The Morgan fingerprint density at radius 3 is 2.64 bits per heavy atom. The van der Waals surface area contributed by atoms with E-state index in [-0.39, 0.29) is 11.5 Å². The topological polar surface area (TPSA) is 75.8 Å². The van der Waals surface area contributed by atoms with Crippen molar-refractivity contribution >= 4 is 39.3 Å². The van der Waals surface area contributed by atoms with Gasteiger partial charge in [-0.15, -0.1) is 0 Å². The smallest absolute Gasteiger partial charge is 0.278 e. The fraction of sp³-hybridized carbons (Fsp3) is 0.211. The van der Waals surface area contributed by atoms with E-state index in [1.165, 1.54) is 6.07 Å². The molecule has 0 saturated heterocycles. The molecular formula is C19H18BrN3O2. The van der Waals surface area contributed by atoms with Crippen LogP contribution in [0.5, 0.6) is 0 Å². The van der Waals surface area contributed by atoms with Gasteiger partial charge in [0.2, 0.25) is 5.91 Å². The van der Waals surface area contributed by atoms with Gasteiger partial charge in [-0.2, -0.15) is 4.99 Å². The first-order valence-corrected chi connectivity index (χ1v) is 8.86. The Balaban J connectivity index is 1.95. The lowest BCUT2D eigenvalue weighted by atomic mass is 10.1. The molecule has 0 radical (unpaired) electrons. The lowest BCUT2D eigenvalue weighted by Crippen LogP contribution is -2.28. The fourth-order valence-corrected chi connectivity index (χ4v) is 3.43. The molecule has 0 aliphatic carbocycles. The molecule has 0 fully saturated rings. The summed E-state index contributed by atoms with van der Waals surface area (Å²) in [5.74, 6) is -0.231. The number of para-hydroxylation sites is 1. The van der Waals surface area contributed by atoms with Crippen LogP contribution in [0.25, 0.3) is 0 Å². The van der Waals surface area contributed by atoms with Crippen LogP contribution in [-0.4, -0.2) is 24.2 Å². The third-order valence-electron chi connectivity index (χ3n) is 4.05. The molecule has 3 rings (SSSR count). The zero-order valence-corrected chi connectivity index (χ0v) is 15.4. The van der Waals surface area contributed by atoms with Crippen molar-refractivity contribution in [3.63, 3.8) is 0 Å². The molecule has 2 N–H and O–H groups in total. The molecule has 2 aromatic rings.